The normalized spacial score (nSPS) is 13.8. The van der Waals surface area contributed by atoms with E-state index in [9.17, 15) is 8.42 Å². The summed E-state index contributed by atoms with van der Waals surface area (Å²) in [4.78, 5) is 0. The molecule has 1 aromatic rings. The molecule has 0 saturated heterocycles. The SMILES string of the molecule is C=C(Br)S(=O)(=O)N(Cc1ccccc1)C(C)/C=C/CC. The van der Waals surface area contributed by atoms with E-state index >= 15 is 0 Å². The highest BCUT2D eigenvalue weighted by atomic mass is 79.9. The van der Waals surface area contributed by atoms with E-state index in [1.54, 1.807) is 0 Å². The van der Waals surface area contributed by atoms with Crippen LogP contribution in [0.5, 0.6) is 0 Å². The summed E-state index contributed by atoms with van der Waals surface area (Å²) in [7, 11) is -3.56. The first-order chi connectivity index (χ1) is 9.39. The van der Waals surface area contributed by atoms with E-state index in [0.29, 0.717) is 6.54 Å². The van der Waals surface area contributed by atoms with Crippen LogP contribution in [0.3, 0.4) is 0 Å². The van der Waals surface area contributed by atoms with E-state index in [-0.39, 0.29) is 9.86 Å². The van der Waals surface area contributed by atoms with Gasteiger partial charge in [-0.25, -0.2) is 8.42 Å². The molecule has 0 saturated carbocycles. The first-order valence-corrected chi connectivity index (χ1v) is 8.69. The fourth-order valence-corrected chi connectivity index (χ4v) is 3.41. The zero-order valence-electron chi connectivity index (χ0n) is 11.8. The van der Waals surface area contributed by atoms with Crippen molar-refractivity contribution in [3.63, 3.8) is 0 Å². The monoisotopic (exact) mass is 357 g/mol. The highest BCUT2D eigenvalue weighted by Crippen LogP contribution is 2.22. The molecule has 1 rings (SSSR count). The van der Waals surface area contributed by atoms with Crippen LogP contribution in [0, 0.1) is 0 Å². The number of allylic oxidation sites excluding steroid dienone is 1. The Balaban J connectivity index is 3.08. The molecule has 0 aliphatic rings. The summed E-state index contributed by atoms with van der Waals surface area (Å²) < 4.78 is 26.2. The van der Waals surface area contributed by atoms with Gasteiger partial charge in [0.2, 0.25) is 10.0 Å². The van der Waals surface area contributed by atoms with Crippen molar-refractivity contribution in [1.29, 1.82) is 0 Å². The lowest BCUT2D eigenvalue weighted by molar-refractivity contribution is 0.376. The number of benzene rings is 1. The number of halogens is 1. The van der Waals surface area contributed by atoms with Gasteiger partial charge in [-0.3, -0.25) is 0 Å². The third-order valence-corrected chi connectivity index (χ3v) is 5.74. The van der Waals surface area contributed by atoms with Crippen molar-refractivity contribution in [3.8, 4) is 0 Å². The standard InChI is InChI=1S/C15H20BrNO2S/c1-4-5-9-13(2)17(20(18,19)14(3)16)12-15-10-7-6-8-11-15/h5-11,13H,3-4,12H2,1-2H3/b9-5+. The van der Waals surface area contributed by atoms with Gasteiger partial charge in [0.25, 0.3) is 0 Å². The highest BCUT2D eigenvalue weighted by molar-refractivity contribution is 9.13. The maximum Gasteiger partial charge on any atom is 0.249 e. The largest absolute Gasteiger partial charge is 0.249 e. The van der Waals surface area contributed by atoms with E-state index in [2.05, 4.69) is 22.5 Å². The average Bonchev–Trinajstić information content (AvgIpc) is 2.43. The zero-order valence-corrected chi connectivity index (χ0v) is 14.2. The molecule has 0 aromatic heterocycles. The predicted molar refractivity (Wildman–Crippen MR) is 87.9 cm³/mol. The molecule has 110 valence electrons. The van der Waals surface area contributed by atoms with Crippen molar-refractivity contribution in [1.82, 2.24) is 4.31 Å². The summed E-state index contributed by atoms with van der Waals surface area (Å²) >= 11 is 3.00. The lowest BCUT2D eigenvalue weighted by Crippen LogP contribution is -2.36. The third-order valence-electron chi connectivity index (χ3n) is 2.87. The fraction of sp³-hybridized carbons (Fsp3) is 0.333. The minimum Gasteiger partial charge on any atom is -0.206 e. The second kappa shape index (κ2) is 7.76. The topological polar surface area (TPSA) is 37.4 Å². The number of hydrogen-bond acceptors (Lipinski definition) is 2. The maximum absolute atomic E-state index is 12.4. The summed E-state index contributed by atoms with van der Waals surface area (Å²) in [5.41, 5.74) is 0.946. The van der Waals surface area contributed by atoms with Gasteiger partial charge in [-0.2, -0.15) is 4.31 Å². The van der Waals surface area contributed by atoms with Gasteiger partial charge in [-0.1, -0.05) is 56.0 Å². The van der Waals surface area contributed by atoms with Crippen LogP contribution in [0.2, 0.25) is 0 Å². The van der Waals surface area contributed by atoms with Crippen LogP contribution in [0.25, 0.3) is 0 Å². The molecule has 0 bridgehead atoms. The Kier molecular flexibility index (Phi) is 6.65. The minimum absolute atomic E-state index is 0.0160. The van der Waals surface area contributed by atoms with Gasteiger partial charge in [0.05, 0.1) is 0 Å². The van der Waals surface area contributed by atoms with Gasteiger partial charge in [0.15, 0.2) is 0 Å². The Morgan fingerprint density at radius 2 is 2.00 bits per heavy atom. The molecule has 5 heteroatoms. The summed E-state index contributed by atoms with van der Waals surface area (Å²) in [5.74, 6) is 0. The van der Waals surface area contributed by atoms with Crippen molar-refractivity contribution >= 4 is 26.0 Å². The number of hydrogen-bond donors (Lipinski definition) is 0. The van der Waals surface area contributed by atoms with Crippen LogP contribution >= 0.6 is 15.9 Å². The highest BCUT2D eigenvalue weighted by Gasteiger charge is 2.27. The summed E-state index contributed by atoms with van der Waals surface area (Å²) in [6.07, 6.45) is 4.74. The van der Waals surface area contributed by atoms with Crippen LogP contribution in [0.1, 0.15) is 25.8 Å². The molecule has 0 fully saturated rings. The second-order valence-corrected chi connectivity index (χ2v) is 7.86. The second-order valence-electron chi connectivity index (χ2n) is 4.47. The van der Waals surface area contributed by atoms with Crippen molar-refractivity contribution < 1.29 is 8.42 Å². The van der Waals surface area contributed by atoms with E-state index in [1.807, 2.05) is 56.3 Å². The Morgan fingerprint density at radius 1 is 1.40 bits per heavy atom. The zero-order chi connectivity index (χ0) is 15.2. The van der Waals surface area contributed by atoms with E-state index < -0.39 is 10.0 Å². The smallest absolute Gasteiger partial charge is 0.206 e. The van der Waals surface area contributed by atoms with Gasteiger partial charge < -0.3 is 0 Å². The molecule has 0 spiro atoms. The minimum atomic E-state index is -3.56. The number of nitrogens with zero attached hydrogens (tertiary/aromatic N) is 1. The quantitative estimate of drug-likeness (QED) is 0.690. The summed E-state index contributed by atoms with van der Waals surface area (Å²) in [5, 5.41) is 0. The predicted octanol–water partition coefficient (Wildman–Crippen LogP) is 4.04. The Hall–Kier alpha value is -0.910. The molecule has 1 aromatic carbocycles. The fourth-order valence-electron chi connectivity index (χ4n) is 1.77. The molecular weight excluding hydrogens is 338 g/mol. The molecule has 0 heterocycles. The number of sulfonamides is 1. The maximum atomic E-state index is 12.4. The van der Waals surface area contributed by atoms with E-state index in [1.165, 1.54) is 4.31 Å². The van der Waals surface area contributed by atoms with Gasteiger partial charge in [0, 0.05) is 12.6 Å². The van der Waals surface area contributed by atoms with Gasteiger partial charge in [-0.15, -0.1) is 0 Å². The van der Waals surface area contributed by atoms with E-state index in [4.69, 9.17) is 0 Å². The Bertz CT molecular complexity index is 567. The summed E-state index contributed by atoms with van der Waals surface area (Å²) in [6, 6.07) is 9.30. The van der Waals surface area contributed by atoms with Crippen molar-refractivity contribution in [3.05, 3.63) is 58.4 Å². The van der Waals surface area contributed by atoms with Crippen molar-refractivity contribution in [2.75, 3.05) is 0 Å². The molecule has 0 amide bonds. The van der Waals surface area contributed by atoms with Crippen LogP contribution in [-0.2, 0) is 16.6 Å². The van der Waals surface area contributed by atoms with Crippen LogP contribution < -0.4 is 0 Å². The molecule has 3 nitrogen and oxygen atoms in total. The van der Waals surface area contributed by atoms with Gasteiger partial charge in [0.1, 0.15) is 3.81 Å². The molecular formula is C15H20BrNO2S. The first-order valence-electron chi connectivity index (χ1n) is 6.46. The molecule has 1 atom stereocenters. The Morgan fingerprint density at radius 3 is 2.50 bits per heavy atom. The third kappa shape index (κ3) is 4.58. The van der Waals surface area contributed by atoms with Crippen molar-refractivity contribution in [2.24, 2.45) is 0 Å². The molecule has 0 aliphatic carbocycles. The molecule has 1 unspecified atom stereocenters. The average molecular weight is 358 g/mol. The lowest BCUT2D eigenvalue weighted by atomic mass is 10.2. The van der Waals surface area contributed by atoms with Crippen LogP contribution in [0.15, 0.2) is 52.9 Å². The number of rotatable bonds is 7. The Labute approximate surface area is 130 Å². The molecule has 0 aliphatic heterocycles. The molecule has 20 heavy (non-hydrogen) atoms. The lowest BCUT2D eigenvalue weighted by Gasteiger charge is -2.26. The van der Waals surface area contributed by atoms with Crippen LogP contribution in [-0.4, -0.2) is 18.8 Å². The first kappa shape index (κ1) is 17.1. The van der Waals surface area contributed by atoms with E-state index in [0.717, 1.165) is 12.0 Å². The van der Waals surface area contributed by atoms with Crippen LogP contribution in [0.4, 0.5) is 0 Å². The summed E-state index contributed by atoms with van der Waals surface area (Å²) in [6.45, 7) is 7.72. The van der Waals surface area contributed by atoms with Gasteiger partial charge >= 0.3 is 0 Å². The van der Waals surface area contributed by atoms with Gasteiger partial charge in [-0.05, 0) is 34.8 Å². The van der Waals surface area contributed by atoms with Crippen molar-refractivity contribution in [2.45, 2.75) is 32.9 Å². The molecule has 0 N–H and O–H groups in total. The molecule has 0 radical (unpaired) electrons.